The number of carbonyl (C=O) groups excluding carboxylic acids is 4. The molecular formula is C30H39N7O5. The Labute approximate surface area is 245 Å². The first-order chi connectivity index (χ1) is 20.3. The molecular weight excluding hydrogens is 538 g/mol. The molecule has 6 N–H and O–H groups in total. The van der Waals surface area contributed by atoms with Gasteiger partial charge in [-0.2, -0.15) is 5.53 Å². The fourth-order valence-electron chi connectivity index (χ4n) is 5.75. The minimum Gasteiger partial charge on any atom is -0.497 e. The van der Waals surface area contributed by atoms with E-state index < -0.39 is 24.0 Å². The van der Waals surface area contributed by atoms with Crippen LogP contribution >= 0.6 is 0 Å². The lowest BCUT2D eigenvalue weighted by Gasteiger charge is -2.30. The molecule has 0 aromatic heterocycles. The summed E-state index contributed by atoms with van der Waals surface area (Å²) in [7, 11) is 1.55. The predicted octanol–water partition coefficient (Wildman–Crippen LogP) is 0.326. The molecule has 0 radical (unpaired) electrons. The second-order valence-electron chi connectivity index (χ2n) is 11.1. The molecule has 3 aliphatic rings. The van der Waals surface area contributed by atoms with Crippen molar-refractivity contribution in [1.82, 2.24) is 32.3 Å². The van der Waals surface area contributed by atoms with Crippen LogP contribution < -0.4 is 42.0 Å². The van der Waals surface area contributed by atoms with Gasteiger partial charge in [-0.1, -0.05) is 38.5 Å². The molecule has 1 fully saturated rings. The van der Waals surface area contributed by atoms with Crippen molar-refractivity contribution in [1.29, 1.82) is 0 Å². The summed E-state index contributed by atoms with van der Waals surface area (Å²) in [6.45, 7) is 4.88. The standard InChI is InChI=1S/C30H39N7O5/c1-4-17(2)25(34-27(38)19-8-11-22(42-3)12-9-19)29(40)33-23-13-10-18-6-5-7-20-14-24(37(26(18)20)30(23)41)28(39)31-15-21-16-32-36-35-21/h5-9,11-12,17,21,23-25,32,35-36H,4,10,13-16H2,1-3H3,(H,31,39)(H,33,40)(H,34,38)/t17-,21?,23-,24-,25-/m0/s1. The third kappa shape index (κ3) is 6.10. The molecule has 12 heteroatoms. The third-order valence-electron chi connectivity index (χ3n) is 8.40. The summed E-state index contributed by atoms with van der Waals surface area (Å²) in [5.74, 6) is -0.939. The highest BCUT2D eigenvalue weighted by Crippen LogP contribution is 2.39. The van der Waals surface area contributed by atoms with E-state index in [1.165, 1.54) is 0 Å². The maximum atomic E-state index is 14.0. The van der Waals surface area contributed by atoms with Crippen LogP contribution in [0.1, 0.15) is 48.2 Å². The van der Waals surface area contributed by atoms with Gasteiger partial charge < -0.3 is 20.7 Å². The van der Waals surface area contributed by atoms with Crippen LogP contribution in [0.4, 0.5) is 5.69 Å². The van der Waals surface area contributed by atoms with E-state index >= 15 is 0 Å². The number of amides is 4. The van der Waals surface area contributed by atoms with Gasteiger partial charge in [0.05, 0.1) is 18.8 Å². The van der Waals surface area contributed by atoms with E-state index in [-0.39, 0.29) is 29.7 Å². The number of carbonyl (C=O) groups is 4. The summed E-state index contributed by atoms with van der Waals surface area (Å²) >= 11 is 0. The molecule has 42 heavy (non-hydrogen) atoms. The first kappa shape index (κ1) is 29.5. The van der Waals surface area contributed by atoms with Crippen LogP contribution in [0.5, 0.6) is 5.75 Å². The maximum Gasteiger partial charge on any atom is 0.251 e. The predicted molar refractivity (Wildman–Crippen MR) is 156 cm³/mol. The number of ether oxygens (including phenoxy) is 1. The summed E-state index contributed by atoms with van der Waals surface area (Å²) < 4.78 is 5.17. The third-order valence-corrected chi connectivity index (χ3v) is 8.40. The fraction of sp³-hybridized carbons (Fsp3) is 0.467. The highest BCUT2D eigenvalue weighted by atomic mass is 16.5. The van der Waals surface area contributed by atoms with Crippen LogP contribution in [-0.4, -0.2) is 68.0 Å². The lowest BCUT2D eigenvalue weighted by Crippen LogP contribution is -2.58. The van der Waals surface area contributed by atoms with Gasteiger partial charge in [0.15, 0.2) is 0 Å². The number of benzene rings is 2. The molecule has 1 saturated heterocycles. The zero-order valence-corrected chi connectivity index (χ0v) is 24.2. The summed E-state index contributed by atoms with van der Waals surface area (Å²) in [6, 6.07) is 10.1. The second-order valence-corrected chi connectivity index (χ2v) is 11.1. The van der Waals surface area contributed by atoms with Gasteiger partial charge in [0.2, 0.25) is 17.7 Å². The van der Waals surface area contributed by atoms with E-state index in [0.29, 0.717) is 50.1 Å². The lowest BCUT2D eigenvalue weighted by molar-refractivity contribution is -0.130. The SMILES string of the molecule is CC[C@H](C)[C@H](NC(=O)c1ccc(OC)cc1)C(=O)N[C@H]1CCc2cccc3c2N(C1=O)[C@H](C(=O)NCC1CNNN1)C3. The number of methoxy groups -OCH3 is 1. The van der Waals surface area contributed by atoms with Gasteiger partial charge in [-0.25, -0.2) is 10.9 Å². The van der Waals surface area contributed by atoms with Gasteiger partial charge in [-0.15, -0.1) is 0 Å². The average Bonchev–Trinajstić information content (AvgIpc) is 3.65. The molecule has 4 amide bonds. The van der Waals surface area contributed by atoms with E-state index in [9.17, 15) is 19.2 Å². The summed E-state index contributed by atoms with van der Waals surface area (Å²) in [5.41, 5.74) is 11.9. The van der Waals surface area contributed by atoms with Crippen molar-refractivity contribution in [2.45, 2.75) is 63.7 Å². The molecule has 0 spiro atoms. The first-order valence-corrected chi connectivity index (χ1v) is 14.5. The number of para-hydroxylation sites is 1. The van der Waals surface area contributed by atoms with Crippen molar-refractivity contribution >= 4 is 29.3 Å². The fourth-order valence-corrected chi connectivity index (χ4v) is 5.75. The molecule has 0 bridgehead atoms. The van der Waals surface area contributed by atoms with Crippen molar-refractivity contribution in [3.05, 3.63) is 59.2 Å². The Morgan fingerprint density at radius 1 is 1.12 bits per heavy atom. The molecule has 2 aromatic carbocycles. The summed E-state index contributed by atoms with van der Waals surface area (Å²) in [5, 5.41) is 8.77. The molecule has 0 saturated carbocycles. The lowest BCUT2D eigenvalue weighted by atomic mass is 9.96. The van der Waals surface area contributed by atoms with Gasteiger partial charge >= 0.3 is 0 Å². The van der Waals surface area contributed by atoms with Crippen molar-refractivity contribution in [3.8, 4) is 5.75 Å². The topological polar surface area (TPSA) is 153 Å². The minimum absolute atomic E-state index is 0.0192. The Hall–Kier alpha value is -4.00. The van der Waals surface area contributed by atoms with Gasteiger partial charge in [0.25, 0.3) is 5.91 Å². The Morgan fingerprint density at radius 2 is 1.88 bits per heavy atom. The van der Waals surface area contributed by atoms with Crippen LogP contribution in [0.25, 0.3) is 0 Å². The molecule has 3 aliphatic heterocycles. The Kier molecular flexibility index (Phi) is 9.05. The molecule has 5 atom stereocenters. The van der Waals surface area contributed by atoms with Gasteiger partial charge in [0, 0.05) is 25.1 Å². The number of rotatable bonds is 10. The first-order valence-electron chi connectivity index (χ1n) is 14.5. The van der Waals surface area contributed by atoms with Gasteiger partial charge in [0.1, 0.15) is 23.9 Å². The summed E-state index contributed by atoms with van der Waals surface area (Å²) in [4.78, 5) is 55.7. The molecule has 1 unspecified atom stereocenters. The van der Waals surface area contributed by atoms with E-state index in [1.807, 2.05) is 32.0 Å². The molecule has 2 aromatic rings. The normalized spacial score (nSPS) is 22.5. The number of hydrazine groups is 2. The van der Waals surface area contributed by atoms with Crippen molar-refractivity contribution in [3.63, 3.8) is 0 Å². The van der Waals surface area contributed by atoms with Gasteiger partial charge in [-0.3, -0.25) is 24.1 Å². The zero-order chi connectivity index (χ0) is 29.8. The Morgan fingerprint density at radius 3 is 2.57 bits per heavy atom. The number of anilines is 1. The van der Waals surface area contributed by atoms with Gasteiger partial charge in [-0.05, 0) is 54.2 Å². The van der Waals surface area contributed by atoms with E-state index in [1.54, 1.807) is 36.3 Å². The van der Waals surface area contributed by atoms with E-state index in [4.69, 9.17) is 4.74 Å². The molecule has 3 heterocycles. The summed E-state index contributed by atoms with van der Waals surface area (Å²) in [6.07, 6.45) is 2.00. The molecule has 0 aliphatic carbocycles. The maximum absolute atomic E-state index is 14.0. The van der Waals surface area contributed by atoms with Crippen LogP contribution in [0.15, 0.2) is 42.5 Å². The highest BCUT2D eigenvalue weighted by Gasteiger charge is 2.44. The minimum atomic E-state index is -0.850. The second kappa shape index (κ2) is 12.9. The van der Waals surface area contributed by atoms with Crippen molar-refractivity contribution < 1.29 is 23.9 Å². The number of hydrogen-bond donors (Lipinski definition) is 6. The van der Waals surface area contributed by atoms with Crippen LogP contribution in [0.3, 0.4) is 0 Å². The molecule has 5 rings (SSSR count). The van der Waals surface area contributed by atoms with Crippen LogP contribution in [0, 0.1) is 5.92 Å². The van der Waals surface area contributed by atoms with Crippen LogP contribution in [-0.2, 0) is 27.2 Å². The average molecular weight is 578 g/mol. The quantitative estimate of drug-likeness (QED) is 0.236. The monoisotopic (exact) mass is 577 g/mol. The number of aryl methyl sites for hydroxylation is 1. The Bertz CT molecular complexity index is 1330. The number of hydrogen-bond acceptors (Lipinski definition) is 8. The van der Waals surface area contributed by atoms with E-state index in [0.717, 1.165) is 16.8 Å². The van der Waals surface area contributed by atoms with Crippen molar-refractivity contribution in [2.24, 2.45) is 5.92 Å². The highest BCUT2D eigenvalue weighted by molar-refractivity contribution is 6.08. The number of nitrogens with one attached hydrogen (secondary N) is 6. The molecule has 12 nitrogen and oxygen atoms in total. The zero-order valence-electron chi connectivity index (χ0n) is 24.2. The Balaban J connectivity index is 1.32. The van der Waals surface area contributed by atoms with Crippen molar-refractivity contribution in [2.75, 3.05) is 25.1 Å². The number of nitrogens with zero attached hydrogens (tertiary/aromatic N) is 1. The molecule has 224 valence electrons. The largest absolute Gasteiger partial charge is 0.497 e. The van der Waals surface area contributed by atoms with Crippen LogP contribution in [0.2, 0.25) is 0 Å². The van der Waals surface area contributed by atoms with E-state index in [2.05, 4.69) is 32.3 Å². The smallest absolute Gasteiger partial charge is 0.251 e.